The number of rotatable bonds is 4. The van der Waals surface area contributed by atoms with Gasteiger partial charge in [-0.2, -0.15) is 0 Å². The van der Waals surface area contributed by atoms with Gasteiger partial charge in [0.1, 0.15) is 16.8 Å². The van der Waals surface area contributed by atoms with Crippen LogP contribution in [-0.2, 0) is 0 Å². The number of nitrogens with two attached hydrogens (primary N) is 1. The molecule has 98 valence electrons. The number of ether oxygens (including phenoxy) is 1. The Morgan fingerprint density at radius 2 is 2.33 bits per heavy atom. The molecule has 1 aromatic heterocycles. The van der Waals surface area contributed by atoms with Gasteiger partial charge in [0.25, 0.3) is 0 Å². The first-order valence-corrected chi connectivity index (χ1v) is 7.03. The molecule has 0 amide bonds. The van der Waals surface area contributed by atoms with Crippen molar-refractivity contribution in [3.05, 3.63) is 23.9 Å². The monoisotopic (exact) mass is 264 g/mol. The van der Waals surface area contributed by atoms with E-state index in [0.717, 1.165) is 18.8 Å². The van der Waals surface area contributed by atoms with E-state index in [1.54, 1.807) is 0 Å². The smallest absolute Gasteiger partial charge is 0.214 e. The first-order valence-electron chi connectivity index (χ1n) is 6.62. The summed E-state index contributed by atoms with van der Waals surface area (Å²) in [7, 11) is 0. The Labute approximate surface area is 114 Å². The lowest BCUT2D eigenvalue weighted by Crippen LogP contribution is -2.25. The topological polar surface area (TPSA) is 48.1 Å². The zero-order valence-electron chi connectivity index (χ0n) is 10.8. The molecular formula is C14H20N2OS. The number of aromatic nitrogens is 1. The van der Waals surface area contributed by atoms with Gasteiger partial charge in [0, 0.05) is 6.07 Å². The summed E-state index contributed by atoms with van der Waals surface area (Å²) in [5, 5.41) is 0. The van der Waals surface area contributed by atoms with Crippen LogP contribution < -0.4 is 10.5 Å². The number of nitrogens with zero attached hydrogens (tertiary/aromatic N) is 1. The van der Waals surface area contributed by atoms with Crippen molar-refractivity contribution in [1.82, 2.24) is 4.98 Å². The van der Waals surface area contributed by atoms with Crippen LogP contribution in [0.15, 0.2) is 18.2 Å². The molecule has 4 heteroatoms. The largest absolute Gasteiger partial charge is 0.474 e. The van der Waals surface area contributed by atoms with Crippen LogP contribution in [0.3, 0.4) is 0 Å². The molecule has 1 saturated carbocycles. The van der Waals surface area contributed by atoms with Crippen molar-refractivity contribution >= 4 is 17.2 Å². The SMILES string of the molecule is CCC1CCCC(Oc2cccc(C(N)=S)n2)C1. The van der Waals surface area contributed by atoms with Crippen molar-refractivity contribution in [2.24, 2.45) is 11.7 Å². The molecule has 2 rings (SSSR count). The summed E-state index contributed by atoms with van der Waals surface area (Å²) in [5.41, 5.74) is 6.20. The minimum atomic E-state index is 0.290. The van der Waals surface area contributed by atoms with Crippen LogP contribution in [0.25, 0.3) is 0 Å². The highest BCUT2D eigenvalue weighted by molar-refractivity contribution is 7.80. The van der Waals surface area contributed by atoms with E-state index in [1.165, 1.54) is 19.3 Å². The van der Waals surface area contributed by atoms with Gasteiger partial charge in [0.2, 0.25) is 5.88 Å². The van der Waals surface area contributed by atoms with E-state index >= 15 is 0 Å². The number of hydrogen-bond donors (Lipinski definition) is 1. The molecular weight excluding hydrogens is 244 g/mol. The van der Waals surface area contributed by atoms with Crippen LogP contribution in [0.2, 0.25) is 0 Å². The van der Waals surface area contributed by atoms with Gasteiger partial charge in [-0.05, 0) is 31.2 Å². The summed E-state index contributed by atoms with van der Waals surface area (Å²) in [4.78, 5) is 4.64. The highest BCUT2D eigenvalue weighted by Crippen LogP contribution is 2.29. The summed E-state index contributed by atoms with van der Waals surface area (Å²) in [5.74, 6) is 1.43. The average molecular weight is 264 g/mol. The fraction of sp³-hybridized carbons (Fsp3) is 0.571. The Morgan fingerprint density at radius 1 is 1.50 bits per heavy atom. The quantitative estimate of drug-likeness (QED) is 0.849. The first kappa shape index (κ1) is 13.3. The molecule has 18 heavy (non-hydrogen) atoms. The molecule has 1 aliphatic carbocycles. The third-order valence-corrected chi connectivity index (χ3v) is 3.78. The fourth-order valence-electron chi connectivity index (χ4n) is 2.51. The molecule has 0 spiro atoms. The Bertz CT molecular complexity index is 422. The lowest BCUT2D eigenvalue weighted by atomic mass is 9.85. The second-order valence-corrected chi connectivity index (χ2v) is 5.35. The molecule has 1 aliphatic rings. The van der Waals surface area contributed by atoms with E-state index in [1.807, 2.05) is 18.2 Å². The van der Waals surface area contributed by atoms with Crippen molar-refractivity contribution < 1.29 is 4.74 Å². The molecule has 1 fully saturated rings. The minimum absolute atomic E-state index is 0.290. The van der Waals surface area contributed by atoms with Gasteiger partial charge in [0.05, 0.1) is 0 Å². The zero-order valence-corrected chi connectivity index (χ0v) is 11.6. The maximum absolute atomic E-state index is 5.95. The van der Waals surface area contributed by atoms with Gasteiger partial charge in [-0.15, -0.1) is 0 Å². The van der Waals surface area contributed by atoms with E-state index in [-0.39, 0.29) is 6.10 Å². The van der Waals surface area contributed by atoms with Crippen LogP contribution in [0.1, 0.15) is 44.7 Å². The molecule has 1 heterocycles. The fourth-order valence-corrected chi connectivity index (χ4v) is 2.62. The number of hydrogen-bond acceptors (Lipinski definition) is 3. The molecule has 2 atom stereocenters. The Kier molecular flexibility index (Phi) is 4.53. The Morgan fingerprint density at radius 3 is 3.06 bits per heavy atom. The molecule has 0 saturated heterocycles. The van der Waals surface area contributed by atoms with Crippen LogP contribution >= 0.6 is 12.2 Å². The van der Waals surface area contributed by atoms with Crippen LogP contribution in [-0.4, -0.2) is 16.1 Å². The third-order valence-electron chi connectivity index (χ3n) is 3.58. The lowest BCUT2D eigenvalue weighted by Gasteiger charge is -2.28. The van der Waals surface area contributed by atoms with E-state index < -0.39 is 0 Å². The summed E-state index contributed by atoms with van der Waals surface area (Å²) in [6, 6.07) is 5.57. The molecule has 1 aromatic rings. The van der Waals surface area contributed by atoms with E-state index in [4.69, 9.17) is 22.7 Å². The van der Waals surface area contributed by atoms with Gasteiger partial charge < -0.3 is 10.5 Å². The predicted octanol–water partition coefficient (Wildman–Crippen LogP) is 3.06. The second kappa shape index (κ2) is 6.14. The molecule has 0 bridgehead atoms. The van der Waals surface area contributed by atoms with Crippen molar-refractivity contribution in [3.8, 4) is 5.88 Å². The zero-order chi connectivity index (χ0) is 13.0. The standard InChI is InChI=1S/C14H20N2OS/c1-2-10-5-3-6-11(9-10)17-13-8-4-7-12(16-13)14(15)18/h4,7-8,10-11H,2-3,5-6,9H2,1H3,(H2,15,18). The van der Waals surface area contributed by atoms with E-state index in [9.17, 15) is 0 Å². The number of thiocarbonyl (C=S) groups is 1. The first-order chi connectivity index (χ1) is 8.69. The van der Waals surface area contributed by atoms with Crippen LogP contribution in [0, 0.1) is 5.92 Å². The molecule has 2 N–H and O–H groups in total. The van der Waals surface area contributed by atoms with Gasteiger partial charge in [0.15, 0.2) is 0 Å². The van der Waals surface area contributed by atoms with Crippen LogP contribution in [0.4, 0.5) is 0 Å². The van der Waals surface area contributed by atoms with Gasteiger partial charge in [-0.1, -0.05) is 38.0 Å². The molecule has 3 nitrogen and oxygen atoms in total. The summed E-state index contributed by atoms with van der Waals surface area (Å²) in [6.45, 7) is 2.25. The maximum Gasteiger partial charge on any atom is 0.214 e. The maximum atomic E-state index is 5.95. The normalized spacial score (nSPS) is 23.6. The number of pyridine rings is 1. The van der Waals surface area contributed by atoms with Gasteiger partial charge in [-0.3, -0.25) is 0 Å². The predicted molar refractivity (Wildman–Crippen MR) is 76.8 cm³/mol. The van der Waals surface area contributed by atoms with Crippen molar-refractivity contribution in [1.29, 1.82) is 0 Å². The third kappa shape index (κ3) is 3.42. The Balaban J connectivity index is 2.00. The summed E-state index contributed by atoms with van der Waals surface area (Å²) >= 11 is 4.92. The summed E-state index contributed by atoms with van der Waals surface area (Å²) < 4.78 is 5.95. The van der Waals surface area contributed by atoms with E-state index in [0.29, 0.717) is 16.6 Å². The second-order valence-electron chi connectivity index (χ2n) is 4.91. The lowest BCUT2D eigenvalue weighted by molar-refractivity contribution is 0.117. The van der Waals surface area contributed by atoms with Crippen molar-refractivity contribution in [2.75, 3.05) is 0 Å². The van der Waals surface area contributed by atoms with Gasteiger partial charge >= 0.3 is 0 Å². The molecule has 0 radical (unpaired) electrons. The highest BCUT2D eigenvalue weighted by atomic mass is 32.1. The minimum Gasteiger partial charge on any atom is -0.474 e. The highest BCUT2D eigenvalue weighted by Gasteiger charge is 2.22. The van der Waals surface area contributed by atoms with Crippen molar-refractivity contribution in [2.45, 2.75) is 45.1 Å². The van der Waals surface area contributed by atoms with Crippen molar-refractivity contribution in [3.63, 3.8) is 0 Å². The van der Waals surface area contributed by atoms with Crippen LogP contribution in [0.5, 0.6) is 5.88 Å². The molecule has 2 unspecified atom stereocenters. The average Bonchev–Trinajstić information content (AvgIpc) is 2.39. The molecule has 0 aromatic carbocycles. The molecule has 0 aliphatic heterocycles. The van der Waals surface area contributed by atoms with E-state index in [2.05, 4.69) is 11.9 Å². The van der Waals surface area contributed by atoms with Gasteiger partial charge in [-0.25, -0.2) is 4.98 Å². The summed E-state index contributed by atoms with van der Waals surface area (Å²) in [6.07, 6.45) is 6.36. The Hall–Kier alpha value is -1.16.